The smallest absolute Gasteiger partial charge is 0.153 e. The standard InChI is InChI=1S/C22H24N6/c1-26(2)18-9-11-27(15-18)22-8-7-21-24-14-19(28(21)25-22)13-16-5-6-20-17(12-16)4-3-10-23-20/h3-8,10,12,14,18H,9,11,13,15H2,1-2H3. The van der Waals surface area contributed by atoms with E-state index in [9.17, 15) is 0 Å². The van der Waals surface area contributed by atoms with Gasteiger partial charge in [0.2, 0.25) is 0 Å². The number of fused-ring (bicyclic) bond motifs is 2. The average molecular weight is 372 g/mol. The second-order valence-electron chi connectivity index (χ2n) is 7.77. The zero-order valence-electron chi connectivity index (χ0n) is 16.3. The van der Waals surface area contributed by atoms with Gasteiger partial charge >= 0.3 is 0 Å². The van der Waals surface area contributed by atoms with Crippen LogP contribution in [-0.2, 0) is 6.42 Å². The number of aromatic nitrogens is 4. The lowest BCUT2D eigenvalue weighted by molar-refractivity contribution is 0.315. The Hall–Kier alpha value is -2.99. The minimum atomic E-state index is 0.589. The van der Waals surface area contributed by atoms with Gasteiger partial charge in [-0.1, -0.05) is 12.1 Å². The summed E-state index contributed by atoms with van der Waals surface area (Å²) in [6.07, 6.45) is 5.74. The van der Waals surface area contributed by atoms with Gasteiger partial charge in [-0.3, -0.25) is 4.98 Å². The molecule has 6 nitrogen and oxygen atoms in total. The molecule has 0 radical (unpaired) electrons. The number of anilines is 1. The first-order chi connectivity index (χ1) is 13.7. The van der Waals surface area contributed by atoms with Crippen LogP contribution in [0.4, 0.5) is 5.82 Å². The van der Waals surface area contributed by atoms with Crippen LogP contribution in [0.2, 0.25) is 0 Å². The van der Waals surface area contributed by atoms with Crippen molar-refractivity contribution in [3.63, 3.8) is 0 Å². The minimum Gasteiger partial charge on any atom is -0.354 e. The highest BCUT2D eigenvalue weighted by Crippen LogP contribution is 2.22. The van der Waals surface area contributed by atoms with E-state index in [0.717, 1.165) is 47.6 Å². The summed E-state index contributed by atoms with van der Waals surface area (Å²) < 4.78 is 1.99. The summed E-state index contributed by atoms with van der Waals surface area (Å²) in [5, 5.41) is 6.08. The first-order valence-corrected chi connectivity index (χ1v) is 9.76. The molecule has 6 heteroatoms. The van der Waals surface area contributed by atoms with E-state index in [1.165, 1.54) is 12.0 Å². The molecule has 142 valence electrons. The molecular formula is C22H24N6. The fraction of sp³-hybridized carbons (Fsp3) is 0.318. The number of imidazole rings is 1. The van der Waals surface area contributed by atoms with Crippen molar-refractivity contribution in [3.8, 4) is 0 Å². The van der Waals surface area contributed by atoms with Gasteiger partial charge in [0.1, 0.15) is 5.82 Å². The summed E-state index contributed by atoms with van der Waals surface area (Å²) in [6, 6.07) is 15.2. The maximum atomic E-state index is 4.92. The van der Waals surface area contributed by atoms with Crippen molar-refractivity contribution in [1.82, 2.24) is 24.5 Å². The first-order valence-electron chi connectivity index (χ1n) is 9.76. The number of nitrogens with zero attached hydrogens (tertiary/aromatic N) is 6. The molecule has 1 atom stereocenters. The quantitative estimate of drug-likeness (QED) is 0.551. The molecular weight excluding hydrogens is 348 g/mol. The molecule has 0 saturated carbocycles. The molecule has 0 aliphatic carbocycles. The molecule has 4 heterocycles. The van der Waals surface area contributed by atoms with Crippen molar-refractivity contribution in [1.29, 1.82) is 0 Å². The Balaban J connectivity index is 1.44. The minimum absolute atomic E-state index is 0.589. The summed E-state index contributed by atoms with van der Waals surface area (Å²) >= 11 is 0. The van der Waals surface area contributed by atoms with Crippen LogP contribution in [0.5, 0.6) is 0 Å². The van der Waals surface area contributed by atoms with Crippen molar-refractivity contribution >= 4 is 22.4 Å². The molecule has 5 rings (SSSR count). The molecule has 4 aromatic rings. The molecule has 0 N–H and O–H groups in total. The van der Waals surface area contributed by atoms with Crippen molar-refractivity contribution < 1.29 is 0 Å². The van der Waals surface area contributed by atoms with Gasteiger partial charge < -0.3 is 9.80 Å². The Morgan fingerprint density at radius 3 is 2.89 bits per heavy atom. The average Bonchev–Trinajstić information content (AvgIpc) is 3.35. The molecule has 1 aliphatic heterocycles. The van der Waals surface area contributed by atoms with Gasteiger partial charge in [-0.15, -0.1) is 5.10 Å². The number of hydrogen-bond donors (Lipinski definition) is 0. The normalized spacial score (nSPS) is 17.2. The topological polar surface area (TPSA) is 49.6 Å². The van der Waals surface area contributed by atoms with E-state index >= 15 is 0 Å². The third-order valence-corrected chi connectivity index (χ3v) is 5.69. The fourth-order valence-corrected chi connectivity index (χ4v) is 4.02. The van der Waals surface area contributed by atoms with Crippen LogP contribution in [-0.4, -0.2) is 57.7 Å². The van der Waals surface area contributed by atoms with Crippen molar-refractivity contribution in [3.05, 3.63) is 66.1 Å². The van der Waals surface area contributed by atoms with Gasteiger partial charge in [-0.25, -0.2) is 9.50 Å². The Morgan fingerprint density at radius 1 is 1.11 bits per heavy atom. The largest absolute Gasteiger partial charge is 0.354 e. The van der Waals surface area contributed by atoms with E-state index < -0.39 is 0 Å². The number of hydrogen-bond acceptors (Lipinski definition) is 5. The van der Waals surface area contributed by atoms with Crippen LogP contribution in [0, 0.1) is 0 Å². The maximum absolute atomic E-state index is 4.92. The molecule has 3 aromatic heterocycles. The monoisotopic (exact) mass is 372 g/mol. The van der Waals surface area contributed by atoms with E-state index in [2.05, 4.69) is 70.3 Å². The summed E-state index contributed by atoms with van der Waals surface area (Å²) in [7, 11) is 4.30. The molecule has 1 aliphatic rings. The predicted octanol–water partition coefficient (Wildman–Crippen LogP) is 3.01. The molecule has 0 amide bonds. The highest BCUT2D eigenvalue weighted by atomic mass is 15.3. The summed E-state index contributed by atoms with van der Waals surface area (Å²) in [6.45, 7) is 2.07. The van der Waals surface area contributed by atoms with Gasteiger partial charge in [0.25, 0.3) is 0 Å². The van der Waals surface area contributed by atoms with Gasteiger partial charge in [0.05, 0.1) is 17.4 Å². The Bertz CT molecular complexity index is 1130. The lowest BCUT2D eigenvalue weighted by Crippen LogP contribution is -2.31. The van der Waals surface area contributed by atoms with Crippen LogP contribution in [0.3, 0.4) is 0 Å². The zero-order valence-corrected chi connectivity index (χ0v) is 16.3. The lowest BCUT2D eigenvalue weighted by Gasteiger charge is -2.21. The van der Waals surface area contributed by atoms with Crippen LogP contribution in [0.25, 0.3) is 16.6 Å². The third-order valence-electron chi connectivity index (χ3n) is 5.69. The molecule has 1 aromatic carbocycles. The molecule has 0 bridgehead atoms. The first kappa shape index (κ1) is 17.1. The van der Waals surface area contributed by atoms with Crippen molar-refractivity contribution in [2.75, 3.05) is 32.1 Å². The van der Waals surface area contributed by atoms with Crippen molar-refractivity contribution in [2.24, 2.45) is 0 Å². The summed E-state index contributed by atoms with van der Waals surface area (Å²) in [5.74, 6) is 1.03. The van der Waals surface area contributed by atoms with E-state index in [1.807, 2.05) is 23.0 Å². The number of rotatable bonds is 4. The Kier molecular flexibility index (Phi) is 4.20. The van der Waals surface area contributed by atoms with E-state index in [1.54, 1.807) is 0 Å². The van der Waals surface area contributed by atoms with Crippen LogP contribution in [0.1, 0.15) is 17.7 Å². The zero-order chi connectivity index (χ0) is 19.1. The molecule has 1 unspecified atom stereocenters. The highest BCUT2D eigenvalue weighted by molar-refractivity contribution is 5.79. The predicted molar refractivity (Wildman–Crippen MR) is 112 cm³/mol. The van der Waals surface area contributed by atoms with Crippen LogP contribution >= 0.6 is 0 Å². The van der Waals surface area contributed by atoms with Crippen LogP contribution in [0.15, 0.2) is 54.9 Å². The van der Waals surface area contributed by atoms with Gasteiger partial charge in [-0.05, 0) is 56.4 Å². The second kappa shape index (κ2) is 6.87. The fourth-order valence-electron chi connectivity index (χ4n) is 4.02. The maximum Gasteiger partial charge on any atom is 0.153 e. The van der Waals surface area contributed by atoms with Gasteiger partial charge in [-0.2, -0.15) is 0 Å². The second-order valence-corrected chi connectivity index (χ2v) is 7.77. The van der Waals surface area contributed by atoms with E-state index in [0.29, 0.717) is 6.04 Å². The molecule has 0 spiro atoms. The van der Waals surface area contributed by atoms with Gasteiger partial charge in [0, 0.05) is 37.1 Å². The number of benzene rings is 1. The Labute approximate surface area is 164 Å². The third kappa shape index (κ3) is 3.10. The molecule has 1 fully saturated rings. The van der Waals surface area contributed by atoms with E-state index in [-0.39, 0.29) is 0 Å². The highest BCUT2D eigenvalue weighted by Gasteiger charge is 2.25. The lowest BCUT2D eigenvalue weighted by atomic mass is 10.1. The number of likely N-dealkylation sites (N-methyl/N-ethyl adjacent to an activating group) is 1. The molecule has 28 heavy (non-hydrogen) atoms. The molecule has 1 saturated heterocycles. The van der Waals surface area contributed by atoms with Gasteiger partial charge in [0.15, 0.2) is 5.65 Å². The number of pyridine rings is 1. The summed E-state index contributed by atoms with van der Waals surface area (Å²) in [4.78, 5) is 13.6. The van der Waals surface area contributed by atoms with E-state index in [4.69, 9.17) is 5.10 Å². The SMILES string of the molecule is CN(C)C1CCN(c2ccc3ncc(Cc4ccc5ncccc5c4)n3n2)C1. The van der Waals surface area contributed by atoms with Crippen LogP contribution < -0.4 is 4.90 Å². The van der Waals surface area contributed by atoms with Crippen molar-refractivity contribution in [2.45, 2.75) is 18.9 Å². The Morgan fingerprint density at radius 2 is 2.04 bits per heavy atom. The summed E-state index contributed by atoms with van der Waals surface area (Å²) in [5.41, 5.74) is 4.26.